The average Bonchev–Trinajstić information content (AvgIpc) is 2.88. The monoisotopic (exact) mass is 361 g/mol. The zero-order chi connectivity index (χ0) is 15.4. The van der Waals surface area contributed by atoms with Crippen molar-refractivity contribution in [3.63, 3.8) is 0 Å². The Labute approximate surface area is 138 Å². The van der Waals surface area contributed by atoms with Crippen molar-refractivity contribution in [2.45, 2.75) is 44.6 Å². The van der Waals surface area contributed by atoms with Gasteiger partial charge in [-0.1, -0.05) is 53.7 Å². The minimum absolute atomic E-state index is 0.0530. The van der Waals surface area contributed by atoms with Crippen LogP contribution >= 0.6 is 15.9 Å². The zero-order valence-electron chi connectivity index (χ0n) is 12.4. The highest BCUT2D eigenvalue weighted by Crippen LogP contribution is 2.21. The molecule has 2 aromatic rings. The summed E-state index contributed by atoms with van der Waals surface area (Å²) in [6, 6.07) is 10.0. The number of hydrogen-bond acceptors (Lipinski definition) is 2. The largest absolute Gasteiger partial charge is 0.348 e. The van der Waals surface area contributed by atoms with Crippen LogP contribution in [-0.2, 0) is 0 Å². The van der Waals surface area contributed by atoms with Gasteiger partial charge in [-0.3, -0.25) is 9.89 Å². The van der Waals surface area contributed by atoms with Crippen LogP contribution in [0.15, 0.2) is 34.8 Å². The van der Waals surface area contributed by atoms with E-state index in [4.69, 9.17) is 0 Å². The Morgan fingerprint density at radius 1 is 1.14 bits per heavy atom. The topological polar surface area (TPSA) is 57.8 Å². The summed E-state index contributed by atoms with van der Waals surface area (Å²) in [7, 11) is 0. The molecule has 0 bridgehead atoms. The van der Waals surface area contributed by atoms with Crippen LogP contribution in [0.5, 0.6) is 0 Å². The average molecular weight is 362 g/mol. The first-order chi connectivity index (χ1) is 10.7. The van der Waals surface area contributed by atoms with Gasteiger partial charge in [0.1, 0.15) is 5.69 Å². The second-order valence-electron chi connectivity index (χ2n) is 5.84. The summed E-state index contributed by atoms with van der Waals surface area (Å²) in [6.07, 6.45) is 7.14. The van der Waals surface area contributed by atoms with Crippen molar-refractivity contribution in [3.05, 3.63) is 40.5 Å². The van der Waals surface area contributed by atoms with Crippen molar-refractivity contribution in [2.24, 2.45) is 0 Å². The number of carbonyl (C=O) groups excluding carboxylic acids is 1. The van der Waals surface area contributed by atoms with E-state index < -0.39 is 0 Å². The molecule has 0 saturated heterocycles. The lowest BCUT2D eigenvalue weighted by Gasteiger charge is -2.15. The van der Waals surface area contributed by atoms with Crippen LogP contribution in [-0.4, -0.2) is 22.1 Å². The van der Waals surface area contributed by atoms with E-state index in [9.17, 15) is 4.79 Å². The van der Waals surface area contributed by atoms with Gasteiger partial charge in [0, 0.05) is 16.1 Å². The predicted octanol–water partition coefficient (Wildman–Crippen LogP) is 4.29. The number of nitrogens with one attached hydrogen (secondary N) is 2. The number of halogens is 1. The molecule has 1 aliphatic carbocycles. The van der Waals surface area contributed by atoms with Crippen LogP contribution in [0.2, 0.25) is 0 Å². The van der Waals surface area contributed by atoms with Gasteiger partial charge < -0.3 is 5.32 Å². The molecule has 0 aliphatic heterocycles. The van der Waals surface area contributed by atoms with Gasteiger partial charge in [0.25, 0.3) is 5.91 Å². The molecule has 0 atom stereocenters. The number of rotatable bonds is 3. The number of carbonyl (C=O) groups is 1. The maximum absolute atomic E-state index is 12.3. The first kappa shape index (κ1) is 15.3. The third-order valence-electron chi connectivity index (χ3n) is 4.15. The van der Waals surface area contributed by atoms with E-state index in [1.807, 2.05) is 30.3 Å². The van der Waals surface area contributed by atoms with E-state index in [2.05, 4.69) is 31.4 Å². The van der Waals surface area contributed by atoms with Gasteiger partial charge in [-0.2, -0.15) is 5.10 Å². The van der Waals surface area contributed by atoms with E-state index >= 15 is 0 Å². The van der Waals surface area contributed by atoms with Crippen LogP contribution < -0.4 is 5.32 Å². The second kappa shape index (κ2) is 7.09. The van der Waals surface area contributed by atoms with Gasteiger partial charge in [0.05, 0.1) is 5.69 Å². The van der Waals surface area contributed by atoms with Crippen LogP contribution in [0.1, 0.15) is 49.0 Å². The minimum atomic E-state index is -0.0530. The minimum Gasteiger partial charge on any atom is -0.348 e. The number of benzene rings is 1. The molecule has 1 amide bonds. The zero-order valence-corrected chi connectivity index (χ0v) is 14.0. The number of H-pyrrole nitrogens is 1. The van der Waals surface area contributed by atoms with Gasteiger partial charge >= 0.3 is 0 Å². The first-order valence-corrected chi connectivity index (χ1v) is 8.64. The Morgan fingerprint density at radius 3 is 2.50 bits per heavy atom. The molecule has 2 N–H and O–H groups in total. The van der Waals surface area contributed by atoms with Crippen LogP contribution in [0.4, 0.5) is 0 Å². The quantitative estimate of drug-likeness (QED) is 0.801. The van der Waals surface area contributed by atoms with E-state index in [-0.39, 0.29) is 5.91 Å². The molecular formula is C17H20BrN3O. The summed E-state index contributed by atoms with van der Waals surface area (Å²) in [5.74, 6) is -0.0530. The fraction of sp³-hybridized carbons (Fsp3) is 0.412. The molecule has 1 saturated carbocycles. The maximum Gasteiger partial charge on any atom is 0.269 e. The second-order valence-corrected chi connectivity index (χ2v) is 6.75. The molecule has 22 heavy (non-hydrogen) atoms. The summed E-state index contributed by atoms with van der Waals surface area (Å²) >= 11 is 3.42. The van der Waals surface area contributed by atoms with Crippen LogP contribution in [0.25, 0.3) is 11.3 Å². The van der Waals surface area contributed by atoms with Crippen molar-refractivity contribution in [2.75, 3.05) is 0 Å². The molecule has 4 nitrogen and oxygen atoms in total. The summed E-state index contributed by atoms with van der Waals surface area (Å²) in [5, 5.41) is 10.2. The highest BCUT2D eigenvalue weighted by molar-refractivity contribution is 9.10. The summed E-state index contributed by atoms with van der Waals surface area (Å²) < 4.78 is 1.03. The lowest BCUT2D eigenvalue weighted by molar-refractivity contribution is 0.0928. The van der Waals surface area contributed by atoms with Crippen molar-refractivity contribution in [3.8, 4) is 11.3 Å². The van der Waals surface area contributed by atoms with Gasteiger partial charge in [-0.15, -0.1) is 0 Å². The molecule has 1 heterocycles. The van der Waals surface area contributed by atoms with Crippen molar-refractivity contribution in [1.82, 2.24) is 15.5 Å². The summed E-state index contributed by atoms with van der Waals surface area (Å²) in [6.45, 7) is 0. The molecule has 1 aliphatic rings. The fourth-order valence-corrected chi connectivity index (χ4v) is 3.16. The molecule has 0 radical (unpaired) electrons. The maximum atomic E-state index is 12.3. The molecule has 1 aromatic carbocycles. The lowest BCUT2D eigenvalue weighted by atomic mass is 10.1. The molecule has 1 aromatic heterocycles. The number of hydrogen-bond donors (Lipinski definition) is 2. The smallest absolute Gasteiger partial charge is 0.269 e. The van der Waals surface area contributed by atoms with E-state index in [0.717, 1.165) is 28.6 Å². The molecule has 116 valence electrons. The summed E-state index contributed by atoms with van der Waals surface area (Å²) in [4.78, 5) is 12.3. The number of nitrogens with zero attached hydrogens (tertiary/aromatic N) is 1. The van der Waals surface area contributed by atoms with E-state index in [0.29, 0.717) is 11.7 Å². The number of amides is 1. The van der Waals surface area contributed by atoms with E-state index in [1.54, 1.807) is 0 Å². The Hall–Kier alpha value is -1.62. The van der Waals surface area contributed by atoms with Crippen molar-refractivity contribution in [1.29, 1.82) is 0 Å². The third-order valence-corrected chi connectivity index (χ3v) is 4.68. The highest BCUT2D eigenvalue weighted by atomic mass is 79.9. The van der Waals surface area contributed by atoms with Gasteiger partial charge in [0.15, 0.2) is 0 Å². The van der Waals surface area contributed by atoms with E-state index in [1.165, 1.54) is 25.7 Å². The van der Waals surface area contributed by atoms with Crippen molar-refractivity contribution < 1.29 is 4.79 Å². The lowest BCUT2D eigenvalue weighted by Crippen LogP contribution is -2.34. The van der Waals surface area contributed by atoms with Gasteiger partial charge in [-0.05, 0) is 31.0 Å². The van der Waals surface area contributed by atoms with Gasteiger partial charge in [-0.25, -0.2) is 0 Å². The molecular weight excluding hydrogens is 342 g/mol. The Morgan fingerprint density at radius 2 is 1.82 bits per heavy atom. The van der Waals surface area contributed by atoms with Gasteiger partial charge in [0.2, 0.25) is 0 Å². The normalized spacial score (nSPS) is 16.2. The van der Waals surface area contributed by atoms with Crippen LogP contribution in [0, 0.1) is 0 Å². The molecule has 0 unspecified atom stereocenters. The predicted molar refractivity (Wildman–Crippen MR) is 90.7 cm³/mol. The Balaban J connectivity index is 1.67. The first-order valence-electron chi connectivity index (χ1n) is 7.84. The van der Waals surface area contributed by atoms with Crippen LogP contribution in [0.3, 0.4) is 0 Å². The highest BCUT2D eigenvalue weighted by Gasteiger charge is 2.17. The molecule has 3 rings (SSSR count). The van der Waals surface area contributed by atoms with Crippen molar-refractivity contribution >= 4 is 21.8 Å². The third kappa shape index (κ3) is 3.77. The SMILES string of the molecule is O=C(NC1CCCCCC1)c1cc(-c2ccc(Br)cc2)n[nH]1. The number of aromatic amines is 1. The number of aromatic nitrogens is 2. The standard InChI is InChI=1S/C17H20BrN3O/c18-13-9-7-12(8-10-13)15-11-16(21-20-15)17(22)19-14-5-3-1-2-4-6-14/h7-11,14H,1-6H2,(H,19,22)(H,20,21). The fourth-order valence-electron chi connectivity index (χ4n) is 2.89. The summed E-state index contributed by atoms with van der Waals surface area (Å²) in [5.41, 5.74) is 2.31. The molecule has 0 spiro atoms. The Bertz CT molecular complexity index is 628. The molecule has 5 heteroatoms. The Kier molecular flexibility index (Phi) is 4.93. The molecule has 1 fully saturated rings.